The lowest BCUT2D eigenvalue weighted by Gasteiger charge is -2.40. The van der Waals surface area contributed by atoms with E-state index in [1.54, 1.807) is 7.11 Å². The maximum Gasteiger partial charge on any atom is 0.233 e. The Bertz CT molecular complexity index is 465. The molecule has 0 saturated carbocycles. The fraction of sp³-hybridized carbons (Fsp3) is 0.714. The van der Waals surface area contributed by atoms with Crippen LogP contribution in [0, 0.1) is 5.92 Å². The number of thioether (sulfide) groups is 1. The van der Waals surface area contributed by atoms with Crippen molar-refractivity contribution in [3.8, 4) is 5.88 Å². The lowest BCUT2D eigenvalue weighted by molar-refractivity contribution is -0.0857. The van der Waals surface area contributed by atoms with Crippen molar-refractivity contribution in [1.29, 1.82) is 0 Å². The van der Waals surface area contributed by atoms with E-state index in [0.29, 0.717) is 11.8 Å². The van der Waals surface area contributed by atoms with Gasteiger partial charge >= 0.3 is 0 Å². The van der Waals surface area contributed by atoms with E-state index < -0.39 is 0 Å². The highest BCUT2D eigenvalue weighted by Crippen LogP contribution is 2.43. The number of aromatic nitrogens is 2. The number of nitrogens with one attached hydrogen (secondary N) is 1. The number of rotatable bonds is 4. The van der Waals surface area contributed by atoms with E-state index in [1.807, 2.05) is 23.9 Å². The molecule has 2 aliphatic heterocycles. The van der Waals surface area contributed by atoms with Crippen molar-refractivity contribution in [3.05, 3.63) is 17.8 Å². The molecule has 3 N–H and O–H groups in total. The molecule has 3 heterocycles. The highest BCUT2D eigenvalue weighted by molar-refractivity contribution is 7.99. The topological polar surface area (TPSA) is 82.3 Å². The zero-order valence-electron chi connectivity index (χ0n) is 12.2. The second-order valence-electron chi connectivity index (χ2n) is 5.73. The Morgan fingerprint density at radius 2 is 2.43 bits per heavy atom. The minimum Gasteiger partial charge on any atom is -0.480 e. The van der Waals surface area contributed by atoms with Crippen LogP contribution in [-0.4, -0.2) is 41.0 Å². The molecule has 0 radical (unpaired) electrons. The van der Waals surface area contributed by atoms with E-state index in [0.717, 1.165) is 37.3 Å². The lowest BCUT2D eigenvalue weighted by Crippen LogP contribution is -2.45. The molecule has 2 saturated heterocycles. The van der Waals surface area contributed by atoms with Crippen LogP contribution in [0.3, 0.4) is 0 Å². The van der Waals surface area contributed by atoms with Gasteiger partial charge in [-0.15, -0.1) is 5.10 Å². The lowest BCUT2D eigenvalue weighted by atomic mass is 9.80. The number of nitrogens with zero attached hydrogens (tertiary/aromatic N) is 2. The van der Waals surface area contributed by atoms with Crippen LogP contribution in [0.5, 0.6) is 5.88 Å². The van der Waals surface area contributed by atoms with Crippen LogP contribution in [-0.2, 0) is 4.74 Å². The number of nitrogens with two attached hydrogens (primary N) is 1. The van der Waals surface area contributed by atoms with E-state index in [1.165, 1.54) is 5.75 Å². The molecule has 2 fully saturated rings. The second-order valence-corrected chi connectivity index (χ2v) is 6.84. The summed E-state index contributed by atoms with van der Waals surface area (Å²) in [6.07, 6.45) is 3.16. The van der Waals surface area contributed by atoms with E-state index in [-0.39, 0.29) is 11.6 Å². The quantitative estimate of drug-likeness (QED) is 0.640. The van der Waals surface area contributed by atoms with Gasteiger partial charge in [0.25, 0.3) is 0 Å². The van der Waals surface area contributed by atoms with Crippen molar-refractivity contribution in [3.63, 3.8) is 0 Å². The molecule has 0 aromatic carbocycles. The third-order valence-electron chi connectivity index (χ3n) is 4.44. The van der Waals surface area contributed by atoms with E-state index in [4.69, 9.17) is 15.3 Å². The predicted octanol–water partition coefficient (Wildman–Crippen LogP) is 1.29. The SMILES string of the molecule is COc1ccc(C(NN)C2CCOC3(CCSC3)C2)nn1. The normalized spacial score (nSPS) is 30.5. The minimum absolute atomic E-state index is 0.00906. The molecule has 3 rings (SSSR count). The smallest absolute Gasteiger partial charge is 0.233 e. The van der Waals surface area contributed by atoms with Crippen LogP contribution in [0.4, 0.5) is 0 Å². The Kier molecular flexibility index (Phi) is 4.63. The van der Waals surface area contributed by atoms with Crippen molar-refractivity contribution in [2.75, 3.05) is 25.2 Å². The van der Waals surface area contributed by atoms with Crippen molar-refractivity contribution < 1.29 is 9.47 Å². The van der Waals surface area contributed by atoms with Gasteiger partial charge in [0, 0.05) is 18.4 Å². The van der Waals surface area contributed by atoms with Gasteiger partial charge in [-0.2, -0.15) is 16.9 Å². The molecule has 0 amide bonds. The van der Waals surface area contributed by atoms with Crippen LogP contribution in [0.15, 0.2) is 12.1 Å². The first-order valence-electron chi connectivity index (χ1n) is 7.32. The first-order chi connectivity index (χ1) is 10.3. The van der Waals surface area contributed by atoms with Gasteiger partial charge in [0.15, 0.2) is 0 Å². The van der Waals surface area contributed by atoms with Gasteiger partial charge < -0.3 is 9.47 Å². The second kappa shape index (κ2) is 6.48. The van der Waals surface area contributed by atoms with Crippen molar-refractivity contribution in [2.45, 2.75) is 30.9 Å². The fourth-order valence-corrected chi connectivity index (χ4v) is 4.66. The first-order valence-corrected chi connectivity index (χ1v) is 8.47. The molecule has 1 aromatic rings. The standard InChI is InChI=1S/C14H22N4O2S/c1-19-12-3-2-11(17-18-12)13(16-15)10-4-6-20-14(8-10)5-7-21-9-14/h2-3,10,13,16H,4-9,15H2,1H3. The summed E-state index contributed by atoms with van der Waals surface area (Å²) in [7, 11) is 1.59. The maximum absolute atomic E-state index is 6.08. The molecule has 0 aliphatic carbocycles. The molecule has 3 unspecified atom stereocenters. The Labute approximate surface area is 129 Å². The van der Waals surface area contributed by atoms with E-state index in [9.17, 15) is 0 Å². The van der Waals surface area contributed by atoms with Crippen LogP contribution >= 0.6 is 11.8 Å². The molecule has 116 valence electrons. The molecule has 1 spiro atoms. The number of hydrogen-bond donors (Lipinski definition) is 2. The van der Waals surface area contributed by atoms with Crippen LogP contribution < -0.4 is 16.0 Å². The number of ether oxygens (including phenoxy) is 2. The number of methoxy groups -OCH3 is 1. The summed E-state index contributed by atoms with van der Waals surface area (Å²) in [5.41, 5.74) is 3.84. The zero-order chi connectivity index (χ0) is 14.7. The Morgan fingerprint density at radius 3 is 3.05 bits per heavy atom. The highest BCUT2D eigenvalue weighted by Gasteiger charge is 2.42. The Balaban J connectivity index is 1.75. The average molecular weight is 310 g/mol. The monoisotopic (exact) mass is 310 g/mol. The Morgan fingerprint density at radius 1 is 1.52 bits per heavy atom. The van der Waals surface area contributed by atoms with Crippen molar-refractivity contribution in [2.24, 2.45) is 11.8 Å². The molecule has 21 heavy (non-hydrogen) atoms. The summed E-state index contributed by atoms with van der Waals surface area (Å²) in [5, 5.41) is 8.29. The third kappa shape index (κ3) is 3.15. The largest absolute Gasteiger partial charge is 0.480 e. The minimum atomic E-state index is 0.00906. The van der Waals surface area contributed by atoms with Crippen molar-refractivity contribution in [1.82, 2.24) is 15.6 Å². The number of hydrazine groups is 1. The molecular formula is C14H22N4O2S. The van der Waals surface area contributed by atoms with Crippen molar-refractivity contribution >= 4 is 11.8 Å². The van der Waals surface area contributed by atoms with Crippen LogP contribution in [0.1, 0.15) is 31.0 Å². The number of hydrogen-bond acceptors (Lipinski definition) is 7. The third-order valence-corrected chi connectivity index (χ3v) is 5.66. The summed E-state index contributed by atoms with van der Waals surface area (Å²) in [4.78, 5) is 0. The van der Waals surface area contributed by atoms with Gasteiger partial charge in [0.2, 0.25) is 5.88 Å². The van der Waals surface area contributed by atoms with Crippen LogP contribution in [0.25, 0.3) is 0 Å². The maximum atomic E-state index is 6.08. The Hall–Kier alpha value is -0.890. The summed E-state index contributed by atoms with van der Waals surface area (Å²) in [5.74, 6) is 9.02. The molecule has 3 atom stereocenters. The van der Waals surface area contributed by atoms with Crippen LogP contribution in [0.2, 0.25) is 0 Å². The molecule has 1 aromatic heterocycles. The summed E-state index contributed by atoms with van der Waals surface area (Å²) >= 11 is 1.98. The summed E-state index contributed by atoms with van der Waals surface area (Å²) in [6.45, 7) is 0.799. The van der Waals surface area contributed by atoms with Gasteiger partial charge in [-0.25, -0.2) is 0 Å². The zero-order valence-corrected chi connectivity index (χ0v) is 13.1. The highest BCUT2D eigenvalue weighted by atomic mass is 32.2. The van der Waals surface area contributed by atoms with Gasteiger partial charge in [-0.05, 0) is 37.0 Å². The van der Waals surface area contributed by atoms with Gasteiger partial charge in [0.05, 0.1) is 24.4 Å². The molecule has 0 bridgehead atoms. The van der Waals surface area contributed by atoms with E-state index >= 15 is 0 Å². The molecule has 7 heteroatoms. The molecule has 6 nitrogen and oxygen atoms in total. The van der Waals surface area contributed by atoms with Gasteiger partial charge in [0.1, 0.15) is 0 Å². The summed E-state index contributed by atoms with van der Waals surface area (Å²) < 4.78 is 11.1. The van der Waals surface area contributed by atoms with Gasteiger partial charge in [-0.1, -0.05) is 0 Å². The molecular weight excluding hydrogens is 288 g/mol. The predicted molar refractivity (Wildman–Crippen MR) is 82.0 cm³/mol. The molecule has 2 aliphatic rings. The van der Waals surface area contributed by atoms with Gasteiger partial charge in [-0.3, -0.25) is 11.3 Å². The average Bonchev–Trinajstić information content (AvgIpc) is 2.96. The fourth-order valence-electron chi connectivity index (χ4n) is 3.28. The summed E-state index contributed by atoms with van der Waals surface area (Å²) in [6, 6.07) is 3.77. The van der Waals surface area contributed by atoms with E-state index in [2.05, 4.69) is 15.6 Å². The first kappa shape index (κ1) is 15.0.